The second kappa shape index (κ2) is 11.8. The van der Waals surface area contributed by atoms with E-state index in [1.54, 1.807) is 0 Å². The molecule has 1 heterocycles. The summed E-state index contributed by atoms with van der Waals surface area (Å²) in [6.07, 6.45) is 0.879. The van der Waals surface area contributed by atoms with Crippen LogP contribution in [0.1, 0.15) is 36.1 Å². The van der Waals surface area contributed by atoms with Crippen molar-refractivity contribution in [2.24, 2.45) is 0 Å². The van der Waals surface area contributed by atoms with Gasteiger partial charge in [-0.3, -0.25) is 0 Å². The van der Waals surface area contributed by atoms with Crippen LogP contribution >= 0.6 is 0 Å². The normalized spacial score (nSPS) is 13.3. The van der Waals surface area contributed by atoms with Gasteiger partial charge in [-0.25, -0.2) is 15.0 Å². The zero-order valence-electron chi connectivity index (χ0n) is 29.1. The zero-order valence-corrected chi connectivity index (χ0v) is 29.1. The van der Waals surface area contributed by atoms with Gasteiger partial charge in [0.2, 0.25) is 0 Å². The van der Waals surface area contributed by atoms with Gasteiger partial charge in [-0.05, 0) is 85.3 Å². The van der Waals surface area contributed by atoms with Gasteiger partial charge in [0.05, 0.1) is 0 Å². The molecule has 10 rings (SSSR count). The van der Waals surface area contributed by atoms with E-state index in [9.17, 15) is 0 Å². The number of benzene rings is 7. The summed E-state index contributed by atoms with van der Waals surface area (Å²) in [5, 5.41) is 0. The minimum Gasteiger partial charge on any atom is -0.208 e. The second-order valence-corrected chi connectivity index (χ2v) is 14.4. The SMILES string of the molecule is CC1(C)c2ccccc2-c2ccc(-c3cccc4c3Cc3c(-c5cccc(-c6nc(-c7ccccc7)nc(-c7ccccc7)n6)c5)cccc3-4)cc21. The summed E-state index contributed by atoms with van der Waals surface area (Å²) >= 11 is 0. The van der Waals surface area contributed by atoms with Crippen LogP contribution in [0.5, 0.6) is 0 Å². The quantitative estimate of drug-likeness (QED) is 0.184. The van der Waals surface area contributed by atoms with Crippen molar-refractivity contribution in [1.82, 2.24) is 15.0 Å². The number of hydrogen-bond acceptors (Lipinski definition) is 3. The molecular weight excluding hydrogens is 631 g/mol. The summed E-state index contributed by atoms with van der Waals surface area (Å²) in [5.74, 6) is 1.99. The van der Waals surface area contributed by atoms with Gasteiger partial charge in [-0.15, -0.1) is 0 Å². The van der Waals surface area contributed by atoms with E-state index < -0.39 is 0 Å². The Morgan fingerprint density at radius 1 is 0.346 bits per heavy atom. The van der Waals surface area contributed by atoms with E-state index in [0.717, 1.165) is 28.7 Å². The van der Waals surface area contributed by atoms with E-state index in [-0.39, 0.29) is 5.41 Å². The van der Waals surface area contributed by atoms with Crippen molar-refractivity contribution in [3.8, 4) is 78.7 Å². The average molecular weight is 666 g/mol. The molecule has 0 spiro atoms. The molecule has 0 fully saturated rings. The maximum atomic E-state index is 5.01. The van der Waals surface area contributed by atoms with Crippen LogP contribution in [0.15, 0.2) is 164 Å². The standard InChI is InChI=1S/C49H35N3/c1-49(2)44-25-10-9-20-40(44)41-27-26-34(29-45(41)49)37-22-13-24-39-38-23-12-21-36(42(38)30-43(37)39)33-18-11-19-35(28-33)48-51-46(31-14-5-3-6-15-31)50-47(52-48)32-16-7-4-8-17-32/h3-29H,30H2,1-2H3. The Morgan fingerprint density at radius 2 is 0.788 bits per heavy atom. The van der Waals surface area contributed by atoms with Gasteiger partial charge in [0.25, 0.3) is 0 Å². The molecule has 8 aromatic rings. The van der Waals surface area contributed by atoms with Gasteiger partial charge in [-0.1, -0.05) is 166 Å². The van der Waals surface area contributed by atoms with E-state index in [1.807, 2.05) is 60.7 Å². The summed E-state index contributed by atoms with van der Waals surface area (Å²) in [4.78, 5) is 14.9. The van der Waals surface area contributed by atoms with Gasteiger partial charge >= 0.3 is 0 Å². The maximum absolute atomic E-state index is 5.01. The molecule has 0 atom stereocenters. The van der Waals surface area contributed by atoms with Crippen LogP contribution in [0.25, 0.3) is 78.7 Å². The third kappa shape index (κ3) is 4.85. The van der Waals surface area contributed by atoms with E-state index in [2.05, 4.69) is 117 Å². The van der Waals surface area contributed by atoms with Crippen LogP contribution in [0, 0.1) is 0 Å². The van der Waals surface area contributed by atoms with E-state index >= 15 is 0 Å². The highest BCUT2D eigenvalue weighted by atomic mass is 15.0. The highest BCUT2D eigenvalue weighted by Crippen LogP contribution is 2.51. The van der Waals surface area contributed by atoms with Crippen LogP contribution in [0.2, 0.25) is 0 Å². The monoisotopic (exact) mass is 665 g/mol. The fourth-order valence-corrected chi connectivity index (χ4v) is 8.41. The molecule has 3 heteroatoms. The summed E-state index contributed by atoms with van der Waals surface area (Å²) in [5.41, 5.74) is 18.8. The van der Waals surface area contributed by atoms with Crippen LogP contribution in [-0.4, -0.2) is 15.0 Å². The molecule has 0 amide bonds. The molecule has 3 nitrogen and oxygen atoms in total. The lowest BCUT2D eigenvalue weighted by Crippen LogP contribution is -2.14. The number of nitrogens with zero attached hydrogens (tertiary/aromatic N) is 3. The van der Waals surface area contributed by atoms with Crippen molar-refractivity contribution in [3.63, 3.8) is 0 Å². The van der Waals surface area contributed by atoms with Crippen LogP contribution in [0.4, 0.5) is 0 Å². The van der Waals surface area contributed by atoms with Crippen LogP contribution in [-0.2, 0) is 11.8 Å². The van der Waals surface area contributed by atoms with Gasteiger partial charge in [0, 0.05) is 22.1 Å². The summed E-state index contributed by atoms with van der Waals surface area (Å²) in [7, 11) is 0. The van der Waals surface area contributed by atoms with Gasteiger partial charge in [-0.2, -0.15) is 0 Å². The zero-order chi connectivity index (χ0) is 34.8. The lowest BCUT2D eigenvalue weighted by Gasteiger charge is -2.22. The Balaban J connectivity index is 1.04. The van der Waals surface area contributed by atoms with Gasteiger partial charge in [0.1, 0.15) is 0 Å². The Hall–Kier alpha value is -6.45. The molecule has 2 aliphatic rings. The smallest absolute Gasteiger partial charge is 0.164 e. The van der Waals surface area contributed by atoms with Crippen molar-refractivity contribution < 1.29 is 0 Å². The molecular formula is C49H35N3. The topological polar surface area (TPSA) is 38.7 Å². The lowest BCUT2D eigenvalue weighted by atomic mass is 9.81. The first-order valence-corrected chi connectivity index (χ1v) is 18.0. The predicted molar refractivity (Wildman–Crippen MR) is 213 cm³/mol. The fourth-order valence-electron chi connectivity index (χ4n) is 8.41. The Bertz CT molecular complexity index is 2620. The van der Waals surface area contributed by atoms with E-state index in [1.165, 1.54) is 61.2 Å². The minimum atomic E-state index is -0.0384. The summed E-state index contributed by atoms with van der Waals surface area (Å²) < 4.78 is 0. The van der Waals surface area contributed by atoms with E-state index in [4.69, 9.17) is 15.0 Å². The molecule has 52 heavy (non-hydrogen) atoms. The molecule has 1 aromatic heterocycles. The largest absolute Gasteiger partial charge is 0.208 e. The summed E-state index contributed by atoms with van der Waals surface area (Å²) in [6.45, 7) is 4.71. The van der Waals surface area contributed by atoms with Gasteiger partial charge in [0.15, 0.2) is 17.5 Å². The second-order valence-electron chi connectivity index (χ2n) is 14.4. The lowest BCUT2D eigenvalue weighted by molar-refractivity contribution is 0.660. The number of fused-ring (bicyclic) bond motifs is 6. The Morgan fingerprint density at radius 3 is 1.42 bits per heavy atom. The molecule has 7 aromatic carbocycles. The van der Waals surface area contributed by atoms with Crippen LogP contribution in [0.3, 0.4) is 0 Å². The molecule has 0 saturated carbocycles. The highest BCUT2D eigenvalue weighted by molar-refractivity contribution is 5.91. The minimum absolute atomic E-state index is 0.0384. The Labute approximate surface area is 304 Å². The van der Waals surface area contributed by atoms with Gasteiger partial charge < -0.3 is 0 Å². The molecule has 0 unspecified atom stereocenters. The van der Waals surface area contributed by atoms with E-state index in [0.29, 0.717) is 17.5 Å². The van der Waals surface area contributed by atoms with Crippen molar-refractivity contribution >= 4 is 0 Å². The highest BCUT2D eigenvalue weighted by Gasteiger charge is 2.35. The maximum Gasteiger partial charge on any atom is 0.164 e. The third-order valence-corrected chi connectivity index (χ3v) is 11.0. The molecule has 0 aliphatic heterocycles. The summed E-state index contributed by atoms with van der Waals surface area (Å²) in [6, 6.07) is 58.5. The first-order chi connectivity index (χ1) is 25.5. The third-order valence-electron chi connectivity index (χ3n) is 11.0. The molecule has 0 saturated heterocycles. The van der Waals surface area contributed by atoms with Crippen molar-refractivity contribution in [3.05, 3.63) is 186 Å². The first-order valence-electron chi connectivity index (χ1n) is 18.0. The van der Waals surface area contributed by atoms with Crippen molar-refractivity contribution in [2.45, 2.75) is 25.7 Å². The Kier molecular flexibility index (Phi) is 6.91. The molecule has 2 aliphatic carbocycles. The molecule has 246 valence electrons. The fraction of sp³-hybridized carbons (Fsp3) is 0.0816. The average Bonchev–Trinajstić information content (AvgIpc) is 3.70. The van der Waals surface area contributed by atoms with Crippen molar-refractivity contribution in [2.75, 3.05) is 0 Å². The predicted octanol–water partition coefficient (Wildman–Crippen LogP) is 12.1. The number of aromatic nitrogens is 3. The molecule has 0 radical (unpaired) electrons. The first kappa shape index (κ1) is 30.4. The van der Waals surface area contributed by atoms with Crippen molar-refractivity contribution in [1.29, 1.82) is 0 Å². The molecule has 0 bridgehead atoms. The molecule has 0 N–H and O–H groups in total. The number of rotatable bonds is 5. The number of hydrogen-bond donors (Lipinski definition) is 0. The van der Waals surface area contributed by atoms with Crippen LogP contribution < -0.4 is 0 Å².